The van der Waals surface area contributed by atoms with Gasteiger partial charge in [-0.15, -0.1) is 0 Å². The standard InChI is InChI=1S/C19H19F3N2O3S2/c1-28-17-23-15-11-18(8-6-12-4-2-3-5-13(12)10-18)9-7-14(15)16(24-17)27-29(25,26)19(20,21)22/h2-5H,6-11H2,1H3/t18-/m0/s1. The predicted molar refractivity (Wildman–Crippen MR) is 102 cm³/mol. The van der Waals surface area contributed by atoms with Gasteiger partial charge in [0.15, 0.2) is 5.16 Å². The summed E-state index contributed by atoms with van der Waals surface area (Å²) in [6.07, 6.45) is 6.12. The predicted octanol–water partition coefficient (Wildman–Crippen LogP) is 4.09. The third kappa shape index (κ3) is 3.84. The number of aromatic nitrogens is 2. The fourth-order valence-electron chi connectivity index (χ4n) is 4.26. The number of thioether (sulfide) groups is 1. The normalized spacial score (nSPS) is 21.5. The van der Waals surface area contributed by atoms with E-state index in [4.69, 9.17) is 0 Å². The lowest BCUT2D eigenvalue weighted by molar-refractivity contribution is -0.0502. The summed E-state index contributed by atoms with van der Waals surface area (Å²) in [6, 6.07) is 8.27. The second kappa shape index (κ2) is 7.16. The number of benzene rings is 1. The van der Waals surface area contributed by atoms with Gasteiger partial charge in [0.1, 0.15) is 0 Å². The number of hydrogen-bond donors (Lipinski definition) is 0. The largest absolute Gasteiger partial charge is 0.534 e. The molecule has 10 heteroatoms. The van der Waals surface area contributed by atoms with Crippen LogP contribution in [-0.2, 0) is 35.8 Å². The number of rotatable bonds is 3. The van der Waals surface area contributed by atoms with Crippen LogP contribution in [0.1, 0.15) is 35.2 Å². The second-order valence-corrected chi connectivity index (χ2v) is 9.86. The molecule has 0 fully saturated rings. The van der Waals surface area contributed by atoms with Crippen molar-refractivity contribution >= 4 is 21.9 Å². The van der Waals surface area contributed by atoms with Crippen LogP contribution in [0.25, 0.3) is 0 Å². The maximum absolute atomic E-state index is 12.8. The van der Waals surface area contributed by atoms with Gasteiger partial charge in [-0.25, -0.2) is 4.98 Å². The molecule has 1 spiro atoms. The van der Waals surface area contributed by atoms with Crippen LogP contribution in [0.2, 0.25) is 0 Å². The van der Waals surface area contributed by atoms with Gasteiger partial charge in [-0.2, -0.15) is 26.6 Å². The summed E-state index contributed by atoms with van der Waals surface area (Å²) in [6.45, 7) is 0. The summed E-state index contributed by atoms with van der Waals surface area (Å²) in [5, 5.41) is 0.199. The zero-order chi connectivity index (χ0) is 20.9. The van der Waals surface area contributed by atoms with E-state index in [-0.39, 0.29) is 10.6 Å². The van der Waals surface area contributed by atoms with E-state index in [1.165, 1.54) is 11.1 Å². The summed E-state index contributed by atoms with van der Waals surface area (Å²) in [5.41, 5.74) is -1.98. The van der Waals surface area contributed by atoms with Crippen molar-refractivity contribution in [3.8, 4) is 5.88 Å². The molecule has 1 aromatic heterocycles. The molecule has 29 heavy (non-hydrogen) atoms. The van der Waals surface area contributed by atoms with E-state index in [0.717, 1.165) is 37.4 Å². The van der Waals surface area contributed by atoms with Crippen molar-refractivity contribution in [3.63, 3.8) is 0 Å². The molecule has 4 rings (SSSR count). The van der Waals surface area contributed by atoms with Gasteiger partial charge >= 0.3 is 15.6 Å². The van der Waals surface area contributed by atoms with Gasteiger partial charge in [0.05, 0.1) is 5.69 Å². The summed E-state index contributed by atoms with van der Waals surface area (Å²) in [7, 11) is -5.78. The van der Waals surface area contributed by atoms with E-state index >= 15 is 0 Å². The van der Waals surface area contributed by atoms with Crippen molar-refractivity contribution in [1.29, 1.82) is 0 Å². The molecule has 0 N–H and O–H groups in total. The Morgan fingerprint density at radius 2 is 1.76 bits per heavy atom. The fraction of sp³-hybridized carbons (Fsp3) is 0.474. The minimum absolute atomic E-state index is 0.0362. The van der Waals surface area contributed by atoms with Gasteiger partial charge in [-0.05, 0) is 61.3 Å². The minimum Gasteiger partial charge on any atom is -0.355 e. The van der Waals surface area contributed by atoms with Crippen molar-refractivity contribution < 1.29 is 25.8 Å². The molecule has 0 amide bonds. The molecule has 0 unspecified atom stereocenters. The Kier molecular flexibility index (Phi) is 5.05. The third-order valence-electron chi connectivity index (χ3n) is 5.75. The van der Waals surface area contributed by atoms with Gasteiger partial charge < -0.3 is 4.18 Å². The maximum atomic E-state index is 12.8. The van der Waals surface area contributed by atoms with E-state index in [9.17, 15) is 21.6 Å². The maximum Gasteiger partial charge on any atom is 0.534 e. The Morgan fingerprint density at radius 3 is 2.45 bits per heavy atom. The quantitative estimate of drug-likeness (QED) is 0.307. The van der Waals surface area contributed by atoms with Gasteiger partial charge in [0, 0.05) is 5.56 Å². The summed E-state index contributed by atoms with van der Waals surface area (Å²) in [4.78, 5) is 8.41. The Hall–Kier alpha value is -1.81. The molecular formula is C19H19F3N2O3S2. The summed E-state index contributed by atoms with van der Waals surface area (Å²) < 4.78 is 65.9. The zero-order valence-corrected chi connectivity index (χ0v) is 17.3. The topological polar surface area (TPSA) is 69.2 Å². The molecule has 0 saturated heterocycles. The Bertz CT molecular complexity index is 1060. The number of alkyl halides is 3. The lowest BCUT2D eigenvalue weighted by Gasteiger charge is -2.41. The van der Waals surface area contributed by atoms with E-state index < -0.39 is 21.5 Å². The molecule has 1 aromatic carbocycles. The van der Waals surface area contributed by atoms with Crippen molar-refractivity contribution in [3.05, 3.63) is 46.6 Å². The van der Waals surface area contributed by atoms with Crippen LogP contribution in [0.15, 0.2) is 29.4 Å². The van der Waals surface area contributed by atoms with Gasteiger partial charge in [0.2, 0.25) is 5.88 Å². The number of fused-ring (bicyclic) bond motifs is 2. The van der Waals surface area contributed by atoms with Gasteiger partial charge in [0.25, 0.3) is 0 Å². The van der Waals surface area contributed by atoms with Crippen LogP contribution in [0.3, 0.4) is 0 Å². The Morgan fingerprint density at radius 1 is 1.07 bits per heavy atom. The van der Waals surface area contributed by atoms with Crippen LogP contribution >= 0.6 is 11.8 Å². The van der Waals surface area contributed by atoms with Crippen molar-refractivity contribution in [2.24, 2.45) is 5.41 Å². The third-order valence-corrected chi connectivity index (χ3v) is 7.24. The first-order valence-corrected chi connectivity index (χ1v) is 11.8. The first kappa shape index (κ1) is 20.5. The molecule has 5 nitrogen and oxygen atoms in total. The highest BCUT2D eigenvalue weighted by molar-refractivity contribution is 7.98. The molecular weight excluding hydrogens is 425 g/mol. The van der Waals surface area contributed by atoms with Crippen molar-refractivity contribution in [2.75, 3.05) is 6.26 Å². The molecule has 0 saturated carbocycles. The lowest BCUT2D eigenvalue weighted by Crippen LogP contribution is -2.36. The fourth-order valence-corrected chi connectivity index (χ4v) is 5.07. The average molecular weight is 445 g/mol. The average Bonchev–Trinajstić information content (AvgIpc) is 2.66. The number of aryl methyl sites for hydroxylation is 1. The van der Waals surface area contributed by atoms with Crippen LogP contribution < -0.4 is 4.18 Å². The number of nitrogens with zero attached hydrogens (tertiary/aromatic N) is 2. The monoisotopic (exact) mass is 444 g/mol. The Balaban J connectivity index is 1.69. The van der Waals surface area contributed by atoms with E-state index in [2.05, 4.69) is 26.3 Å². The molecule has 156 valence electrons. The van der Waals surface area contributed by atoms with Gasteiger partial charge in [-0.3, -0.25) is 0 Å². The highest BCUT2D eigenvalue weighted by atomic mass is 32.2. The van der Waals surface area contributed by atoms with Crippen LogP contribution in [0, 0.1) is 5.41 Å². The van der Waals surface area contributed by atoms with Crippen molar-refractivity contribution in [1.82, 2.24) is 9.97 Å². The first-order chi connectivity index (χ1) is 13.6. The Labute approximate surface area is 171 Å². The SMILES string of the molecule is CSc1nc2c(c(OS(=O)(=O)C(F)(F)F)n1)CC[C@]1(CCc3ccccc3C1)C2. The highest BCUT2D eigenvalue weighted by Crippen LogP contribution is 2.46. The first-order valence-electron chi connectivity index (χ1n) is 9.14. The van der Waals surface area contributed by atoms with Crippen molar-refractivity contribution in [2.45, 2.75) is 49.2 Å². The lowest BCUT2D eigenvalue weighted by atomic mass is 9.63. The highest BCUT2D eigenvalue weighted by Gasteiger charge is 2.49. The molecule has 0 bridgehead atoms. The van der Waals surface area contributed by atoms with Crippen LogP contribution in [-0.4, -0.2) is 30.1 Å². The molecule has 0 aliphatic heterocycles. The van der Waals surface area contributed by atoms with E-state index in [1.807, 2.05) is 12.1 Å². The van der Waals surface area contributed by atoms with Crippen LogP contribution in [0.5, 0.6) is 5.88 Å². The molecule has 0 radical (unpaired) electrons. The zero-order valence-electron chi connectivity index (χ0n) is 15.6. The summed E-state index contributed by atoms with van der Waals surface area (Å²) in [5.74, 6) is -0.497. The molecule has 2 aliphatic rings. The number of hydrogen-bond acceptors (Lipinski definition) is 6. The van der Waals surface area contributed by atoms with E-state index in [1.54, 1.807) is 6.26 Å². The van der Waals surface area contributed by atoms with Gasteiger partial charge in [-0.1, -0.05) is 36.0 Å². The minimum atomic E-state index is -5.78. The number of halogens is 3. The second-order valence-electron chi connectivity index (χ2n) is 7.55. The smallest absolute Gasteiger partial charge is 0.355 e. The molecule has 2 aromatic rings. The summed E-state index contributed by atoms with van der Waals surface area (Å²) >= 11 is 1.13. The molecule has 1 atom stereocenters. The molecule has 1 heterocycles. The van der Waals surface area contributed by atoms with Crippen LogP contribution in [0.4, 0.5) is 13.2 Å². The van der Waals surface area contributed by atoms with E-state index in [0.29, 0.717) is 24.1 Å². The molecule has 2 aliphatic carbocycles.